The van der Waals surface area contributed by atoms with Crippen molar-refractivity contribution in [2.75, 3.05) is 6.61 Å². The molecule has 0 fully saturated rings. The van der Waals surface area contributed by atoms with E-state index in [-0.39, 0.29) is 0 Å². The van der Waals surface area contributed by atoms with E-state index < -0.39 is 0 Å². The lowest BCUT2D eigenvalue weighted by molar-refractivity contribution is 0.262. The molecular formula is C7H11NOS. The van der Waals surface area contributed by atoms with Gasteiger partial charge in [-0.2, -0.15) is 0 Å². The number of nitrogens with zero attached hydrogens (tertiary/aromatic N) is 1. The van der Waals surface area contributed by atoms with E-state index in [1.807, 2.05) is 6.92 Å². The van der Waals surface area contributed by atoms with Gasteiger partial charge in [-0.15, -0.1) is 0 Å². The van der Waals surface area contributed by atoms with Crippen LogP contribution in [-0.4, -0.2) is 17.5 Å². The van der Waals surface area contributed by atoms with Crippen LogP contribution in [0.4, 0.5) is 0 Å². The Hall–Kier alpha value is -0.440. The van der Waals surface area contributed by atoms with Gasteiger partial charge in [0.25, 0.3) is 5.17 Å². The largest absolute Gasteiger partial charge is 0.469 e. The molecule has 0 aromatic rings. The molecule has 56 valence electrons. The fraction of sp³-hybridized carbons (Fsp3) is 0.714. The lowest BCUT2D eigenvalue weighted by Crippen LogP contribution is -2.24. The third-order valence-electron chi connectivity index (χ3n) is 1.76. The fourth-order valence-electron chi connectivity index (χ4n) is 0.973. The minimum Gasteiger partial charge on any atom is -0.469 e. The molecule has 1 atom stereocenters. The quantitative estimate of drug-likeness (QED) is 0.541. The third kappa shape index (κ3) is 1.53. The molecule has 1 rings (SSSR count). The van der Waals surface area contributed by atoms with E-state index >= 15 is 0 Å². The number of hydrogen-bond donors (Lipinski definition) is 0. The number of rotatable bonds is 1. The Bertz CT molecular complexity index is 176. The highest BCUT2D eigenvalue weighted by molar-refractivity contribution is 7.80. The molecule has 0 bridgehead atoms. The standard InChI is InChI=1S/C7H11NOS/c1-3-6-4-9-7(10)8-5(6)2/h6H,3-4H2,1-2H3. The Kier molecular flexibility index (Phi) is 2.38. The van der Waals surface area contributed by atoms with Crippen molar-refractivity contribution in [3.05, 3.63) is 0 Å². The van der Waals surface area contributed by atoms with E-state index in [9.17, 15) is 0 Å². The second kappa shape index (κ2) is 3.10. The highest BCUT2D eigenvalue weighted by atomic mass is 32.1. The van der Waals surface area contributed by atoms with Crippen molar-refractivity contribution in [3.8, 4) is 0 Å². The average molecular weight is 157 g/mol. The van der Waals surface area contributed by atoms with Gasteiger partial charge >= 0.3 is 0 Å². The molecule has 0 amide bonds. The first-order valence-electron chi connectivity index (χ1n) is 3.46. The van der Waals surface area contributed by atoms with Crippen molar-refractivity contribution < 1.29 is 4.74 Å². The molecule has 1 unspecified atom stereocenters. The first-order chi connectivity index (χ1) is 4.74. The van der Waals surface area contributed by atoms with Gasteiger partial charge in [-0.25, -0.2) is 4.99 Å². The Morgan fingerprint density at radius 1 is 1.80 bits per heavy atom. The smallest absolute Gasteiger partial charge is 0.283 e. The molecule has 0 spiro atoms. The van der Waals surface area contributed by atoms with E-state index in [1.165, 1.54) is 0 Å². The van der Waals surface area contributed by atoms with Gasteiger partial charge in [-0.05, 0) is 25.6 Å². The van der Waals surface area contributed by atoms with Crippen molar-refractivity contribution in [2.45, 2.75) is 20.3 Å². The molecule has 1 aliphatic heterocycles. The van der Waals surface area contributed by atoms with Crippen LogP contribution in [-0.2, 0) is 4.74 Å². The lowest BCUT2D eigenvalue weighted by atomic mass is 10.0. The van der Waals surface area contributed by atoms with Crippen LogP contribution in [0.1, 0.15) is 20.3 Å². The minimum absolute atomic E-state index is 0.391. The Labute approximate surface area is 66.3 Å². The Morgan fingerprint density at radius 2 is 2.50 bits per heavy atom. The summed E-state index contributed by atoms with van der Waals surface area (Å²) in [6, 6.07) is 0. The number of ether oxygens (including phenoxy) is 1. The lowest BCUT2D eigenvalue weighted by Gasteiger charge is -2.19. The summed E-state index contributed by atoms with van der Waals surface area (Å²) in [5, 5.41) is 0.391. The summed E-state index contributed by atoms with van der Waals surface area (Å²) < 4.78 is 5.10. The molecule has 2 nitrogen and oxygen atoms in total. The third-order valence-corrected chi connectivity index (χ3v) is 1.97. The second-order valence-corrected chi connectivity index (χ2v) is 2.78. The molecule has 0 N–H and O–H groups in total. The minimum atomic E-state index is 0.391. The summed E-state index contributed by atoms with van der Waals surface area (Å²) in [5.41, 5.74) is 1.11. The number of aliphatic imine (C=N–C) groups is 1. The fourth-order valence-corrected chi connectivity index (χ4v) is 1.19. The predicted molar refractivity (Wildman–Crippen MR) is 45.4 cm³/mol. The zero-order valence-corrected chi connectivity index (χ0v) is 7.07. The van der Waals surface area contributed by atoms with Gasteiger partial charge in [0.1, 0.15) is 0 Å². The average Bonchev–Trinajstić information content (AvgIpc) is 1.88. The van der Waals surface area contributed by atoms with Crippen LogP contribution >= 0.6 is 12.2 Å². The summed E-state index contributed by atoms with van der Waals surface area (Å²) >= 11 is 4.77. The Morgan fingerprint density at radius 3 is 3.00 bits per heavy atom. The van der Waals surface area contributed by atoms with Gasteiger partial charge in [-0.1, -0.05) is 6.92 Å². The van der Waals surface area contributed by atoms with Crippen molar-refractivity contribution in [2.24, 2.45) is 10.9 Å². The Balaban J connectivity index is 2.67. The molecular weight excluding hydrogens is 146 g/mol. The van der Waals surface area contributed by atoms with Crippen LogP contribution in [0.3, 0.4) is 0 Å². The summed E-state index contributed by atoms with van der Waals surface area (Å²) in [5.74, 6) is 0.478. The normalized spacial score (nSPS) is 25.6. The molecule has 10 heavy (non-hydrogen) atoms. The van der Waals surface area contributed by atoms with Gasteiger partial charge in [0, 0.05) is 11.6 Å². The van der Waals surface area contributed by atoms with E-state index in [4.69, 9.17) is 17.0 Å². The SMILES string of the molecule is CCC1COC(=S)N=C1C. The molecule has 0 radical (unpaired) electrons. The van der Waals surface area contributed by atoms with Crippen molar-refractivity contribution in [1.29, 1.82) is 0 Å². The first-order valence-corrected chi connectivity index (χ1v) is 3.86. The van der Waals surface area contributed by atoms with Crippen LogP contribution < -0.4 is 0 Å². The maximum atomic E-state index is 5.10. The van der Waals surface area contributed by atoms with Gasteiger partial charge < -0.3 is 4.74 Å². The molecule has 1 aliphatic rings. The van der Waals surface area contributed by atoms with Crippen LogP contribution in [0.25, 0.3) is 0 Å². The number of thiocarbonyl (C=S) groups is 1. The summed E-state index contributed by atoms with van der Waals surface area (Å²) in [6.07, 6.45) is 1.08. The molecule has 0 aromatic carbocycles. The maximum absolute atomic E-state index is 5.10. The van der Waals surface area contributed by atoms with E-state index in [2.05, 4.69) is 11.9 Å². The predicted octanol–water partition coefficient (Wildman–Crippen LogP) is 1.79. The number of hydrogen-bond acceptors (Lipinski definition) is 2. The molecule has 1 heterocycles. The zero-order chi connectivity index (χ0) is 7.56. The van der Waals surface area contributed by atoms with Gasteiger partial charge in [0.05, 0.1) is 6.61 Å². The summed E-state index contributed by atoms with van der Waals surface area (Å²) in [4.78, 5) is 4.06. The summed E-state index contributed by atoms with van der Waals surface area (Å²) in [7, 11) is 0. The van der Waals surface area contributed by atoms with Crippen LogP contribution in [0.2, 0.25) is 0 Å². The van der Waals surface area contributed by atoms with Crippen LogP contribution in [0.15, 0.2) is 4.99 Å². The highest BCUT2D eigenvalue weighted by Gasteiger charge is 2.16. The second-order valence-electron chi connectivity index (χ2n) is 2.44. The monoisotopic (exact) mass is 157 g/mol. The van der Waals surface area contributed by atoms with E-state index in [0.717, 1.165) is 12.1 Å². The zero-order valence-electron chi connectivity index (χ0n) is 6.26. The van der Waals surface area contributed by atoms with E-state index in [1.54, 1.807) is 0 Å². The highest BCUT2D eigenvalue weighted by Crippen LogP contribution is 2.11. The van der Waals surface area contributed by atoms with Gasteiger partial charge in [-0.3, -0.25) is 0 Å². The van der Waals surface area contributed by atoms with Gasteiger partial charge in [0.2, 0.25) is 0 Å². The topological polar surface area (TPSA) is 21.6 Å². The molecule has 0 saturated heterocycles. The maximum Gasteiger partial charge on any atom is 0.283 e. The van der Waals surface area contributed by atoms with E-state index in [0.29, 0.717) is 17.7 Å². The summed E-state index contributed by atoms with van der Waals surface area (Å²) in [6.45, 7) is 4.84. The van der Waals surface area contributed by atoms with Crippen LogP contribution in [0, 0.1) is 5.92 Å². The molecule has 0 aliphatic carbocycles. The van der Waals surface area contributed by atoms with Crippen LogP contribution in [0.5, 0.6) is 0 Å². The first kappa shape index (κ1) is 7.66. The van der Waals surface area contributed by atoms with Gasteiger partial charge in [0.15, 0.2) is 0 Å². The van der Waals surface area contributed by atoms with Crippen molar-refractivity contribution in [3.63, 3.8) is 0 Å². The molecule has 0 aromatic heterocycles. The molecule has 0 saturated carbocycles. The molecule has 3 heteroatoms. The van der Waals surface area contributed by atoms with Crippen molar-refractivity contribution >= 4 is 23.1 Å². The van der Waals surface area contributed by atoms with Crippen molar-refractivity contribution in [1.82, 2.24) is 0 Å².